The minimum atomic E-state index is -0.796. The first-order chi connectivity index (χ1) is 11.9. The Bertz CT molecular complexity index is 823. The first kappa shape index (κ1) is 18.9. The molecule has 0 aliphatic carbocycles. The summed E-state index contributed by atoms with van der Waals surface area (Å²) in [5, 5.41) is 0.364. The van der Waals surface area contributed by atoms with Gasteiger partial charge >= 0.3 is 5.97 Å². The molecule has 0 saturated heterocycles. The zero-order valence-electron chi connectivity index (χ0n) is 13.5. The van der Waals surface area contributed by atoms with Crippen LogP contribution in [0.25, 0.3) is 0 Å². The Morgan fingerprint density at radius 1 is 1.04 bits per heavy atom. The molecule has 2 N–H and O–H groups in total. The summed E-state index contributed by atoms with van der Waals surface area (Å²) in [6, 6.07) is 7.36. The number of benzene rings is 2. The number of hydrogen-bond acceptors (Lipinski definition) is 6. The molecule has 0 aliphatic heterocycles. The van der Waals surface area contributed by atoms with Crippen LogP contribution in [-0.2, 0) is 4.74 Å². The predicted molar refractivity (Wildman–Crippen MR) is 95.0 cm³/mol. The van der Waals surface area contributed by atoms with Gasteiger partial charge in [0.05, 0.1) is 30.5 Å². The van der Waals surface area contributed by atoms with Gasteiger partial charge in [0, 0.05) is 10.6 Å². The van der Waals surface area contributed by atoms with Crippen LogP contribution < -0.4 is 15.2 Å². The number of esters is 1. The minimum absolute atomic E-state index is 0.00221. The van der Waals surface area contributed by atoms with Crippen molar-refractivity contribution in [1.29, 1.82) is 0 Å². The number of carbonyl (C=O) groups excluding carboxylic acids is 2. The highest BCUT2D eigenvalue weighted by atomic mass is 35.5. The molecule has 0 unspecified atom stereocenters. The number of hydrogen-bond donors (Lipinski definition) is 1. The second-order valence-corrected chi connectivity index (χ2v) is 5.76. The standard InChI is InChI=1S/C17H15Cl2NO5/c1-23-14-4-3-9(5-15(14)24-2)13(21)8-25-17(22)11-6-10(18)7-12(19)16(11)20/h3-7H,8,20H2,1-2H3. The van der Waals surface area contributed by atoms with Gasteiger partial charge in [0.2, 0.25) is 0 Å². The summed E-state index contributed by atoms with van der Waals surface area (Å²) in [4.78, 5) is 24.3. The number of Topliss-reactive ketones (excluding diaryl/α,β-unsaturated/α-hetero) is 1. The number of carbonyl (C=O) groups is 2. The van der Waals surface area contributed by atoms with Gasteiger partial charge < -0.3 is 19.9 Å². The molecule has 6 nitrogen and oxygen atoms in total. The van der Waals surface area contributed by atoms with Crippen molar-refractivity contribution in [2.24, 2.45) is 0 Å². The Kier molecular flexibility index (Phi) is 6.12. The number of methoxy groups -OCH3 is 2. The highest BCUT2D eigenvalue weighted by Crippen LogP contribution is 2.29. The summed E-state index contributed by atoms with van der Waals surface area (Å²) in [5.74, 6) is -0.334. The van der Waals surface area contributed by atoms with Gasteiger partial charge in [-0.25, -0.2) is 4.79 Å². The van der Waals surface area contributed by atoms with Crippen LogP contribution in [0.2, 0.25) is 10.0 Å². The molecule has 0 fully saturated rings. The van der Waals surface area contributed by atoms with Gasteiger partial charge in [-0.15, -0.1) is 0 Å². The average molecular weight is 384 g/mol. The van der Waals surface area contributed by atoms with E-state index in [9.17, 15) is 9.59 Å². The molecule has 0 bridgehead atoms. The monoisotopic (exact) mass is 383 g/mol. The second kappa shape index (κ2) is 8.09. The van der Waals surface area contributed by atoms with E-state index in [4.69, 9.17) is 43.1 Å². The summed E-state index contributed by atoms with van der Waals surface area (Å²) in [5.41, 5.74) is 6.08. The number of ketones is 1. The van der Waals surface area contributed by atoms with Crippen molar-refractivity contribution in [2.45, 2.75) is 0 Å². The Hall–Kier alpha value is -2.44. The summed E-state index contributed by atoms with van der Waals surface area (Å²) in [6.07, 6.45) is 0. The molecule has 132 valence electrons. The maximum absolute atomic E-state index is 12.2. The molecular formula is C17H15Cl2NO5. The minimum Gasteiger partial charge on any atom is -0.493 e. The molecule has 0 spiro atoms. The van der Waals surface area contributed by atoms with E-state index < -0.39 is 18.4 Å². The first-order valence-electron chi connectivity index (χ1n) is 7.04. The van der Waals surface area contributed by atoms with Gasteiger partial charge in [0.1, 0.15) is 0 Å². The molecule has 0 aliphatic rings. The Balaban J connectivity index is 2.11. The van der Waals surface area contributed by atoms with Crippen molar-refractivity contribution in [2.75, 3.05) is 26.6 Å². The fourth-order valence-electron chi connectivity index (χ4n) is 2.06. The zero-order valence-corrected chi connectivity index (χ0v) is 15.0. The molecule has 2 rings (SSSR count). The Morgan fingerprint density at radius 2 is 1.72 bits per heavy atom. The van der Waals surface area contributed by atoms with Crippen LogP contribution in [0, 0.1) is 0 Å². The van der Waals surface area contributed by atoms with Gasteiger partial charge in [0.25, 0.3) is 0 Å². The summed E-state index contributed by atoms with van der Waals surface area (Å²) >= 11 is 11.7. The highest BCUT2D eigenvalue weighted by Gasteiger charge is 2.18. The number of ether oxygens (including phenoxy) is 3. The lowest BCUT2D eigenvalue weighted by molar-refractivity contribution is 0.0475. The van der Waals surface area contributed by atoms with Crippen molar-refractivity contribution in [1.82, 2.24) is 0 Å². The van der Waals surface area contributed by atoms with E-state index in [1.54, 1.807) is 12.1 Å². The van der Waals surface area contributed by atoms with Crippen LogP contribution in [0.1, 0.15) is 20.7 Å². The average Bonchev–Trinajstić information content (AvgIpc) is 2.61. The molecule has 2 aromatic rings. The van der Waals surface area contributed by atoms with Crippen LogP contribution in [0.3, 0.4) is 0 Å². The van der Waals surface area contributed by atoms with Gasteiger partial charge in [-0.3, -0.25) is 4.79 Å². The quantitative estimate of drug-likeness (QED) is 0.465. The molecule has 8 heteroatoms. The van der Waals surface area contributed by atoms with Crippen molar-refractivity contribution in [3.63, 3.8) is 0 Å². The number of rotatable bonds is 6. The lowest BCUT2D eigenvalue weighted by atomic mass is 10.1. The molecule has 2 aromatic carbocycles. The number of halogens is 2. The van der Waals surface area contributed by atoms with Crippen LogP contribution in [0.5, 0.6) is 11.5 Å². The van der Waals surface area contributed by atoms with Crippen molar-refractivity contribution in [3.05, 3.63) is 51.5 Å². The van der Waals surface area contributed by atoms with E-state index in [-0.39, 0.29) is 21.3 Å². The fourth-order valence-corrected chi connectivity index (χ4v) is 2.55. The van der Waals surface area contributed by atoms with Crippen LogP contribution in [0.4, 0.5) is 5.69 Å². The summed E-state index contributed by atoms with van der Waals surface area (Å²) in [6.45, 7) is -0.474. The van der Waals surface area contributed by atoms with Crippen LogP contribution in [0.15, 0.2) is 30.3 Å². The van der Waals surface area contributed by atoms with E-state index in [1.165, 1.54) is 32.4 Å². The third-order valence-electron chi connectivity index (χ3n) is 3.35. The molecule has 0 heterocycles. The molecule has 25 heavy (non-hydrogen) atoms. The maximum atomic E-state index is 12.2. The van der Waals surface area contributed by atoms with Crippen LogP contribution in [-0.4, -0.2) is 32.6 Å². The van der Waals surface area contributed by atoms with E-state index in [0.29, 0.717) is 17.1 Å². The van der Waals surface area contributed by atoms with Crippen molar-refractivity contribution in [3.8, 4) is 11.5 Å². The maximum Gasteiger partial charge on any atom is 0.340 e. The zero-order chi connectivity index (χ0) is 18.6. The van der Waals surface area contributed by atoms with E-state index in [0.717, 1.165) is 0 Å². The molecule has 0 atom stereocenters. The molecule has 0 aromatic heterocycles. The van der Waals surface area contributed by atoms with Crippen molar-refractivity contribution >= 4 is 40.6 Å². The number of anilines is 1. The van der Waals surface area contributed by atoms with Crippen LogP contribution >= 0.6 is 23.2 Å². The predicted octanol–water partition coefficient (Wildman–Crippen LogP) is 3.63. The summed E-state index contributed by atoms with van der Waals surface area (Å²) < 4.78 is 15.2. The lowest BCUT2D eigenvalue weighted by Crippen LogP contribution is -2.15. The van der Waals surface area contributed by atoms with Crippen molar-refractivity contribution < 1.29 is 23.8 Å². The SMILES string of the molecule is COc1ccc(C(=O)COC(=O)c2cc(Cl)cc(Cl)c2N)cc1OC. The van der Waals surface area contributed by atoms with E-state index in [2.05, 4.69) is 0 Å². The van der Waals surface area contributed by atoms with Gasteiger partial charge in [-0.2, -0.15) is 0 Å². The third-order valence-corrected chi connectivity index (χ3v) is 3.89. The molecule has 0 amide bonds. The highest BCUT2D eigenvalue weighted by molar-refractivity contribution is 6.37. The summed E-state index contributed by atoms with van der Waals surface area (Å²) in [7, 11) is 2.94. The first-order valence-corrected chi connectivity index (χ1v) is 7.79. The smallest absolute Gasteiger partial charge is 0.340 e. The topological polar surface area (TPSA) is 87.9 Å². The van der Waals surface area contributed by atoms with Gasteiger partial charge in [-0.05, 0) is 30.3 Å². The Morgan fingerprint density at radius 3 is 2.36 bits per heavy atom. The molecule has 0 radical (unpaired) electrons. The Labute approximate surface area is 154 Å². The molecule has 0 saturated carbocycles. The number of nitrogen functional groups attached to an aromatic ring is 1. The number of nitrogens with two attached hydrogens (primary N) is 1. The largest absolute Gasteiger partial charge is 0.493 e. The fraction of sp³-hybridized carbons (Fsp3) is 0.176. The lowest BCUT2D eigenvalue weighted by Gasteiger charge is -2.10. The third kappa shape index (κ3) is 4.35. The van der Waals surface area contributed by atoms with Gasteiger partial charge in [0.15, 0.2) is 23.9 Å². The second-order valence-electron chi connectivity index (χ2n) is 4.92. The van der Waals surface area contributed by atoms with Gasteiger partial charge in [-0.1, -0.05) is 23.2 Å². The normalized spacial score (nSPS) is 10.2. The van der Waals surface area contributed by atoms with E-state index >= 15 is 0 Å². The van der Waals surface area contributed by atoms with E-state index in [1.807, 2.05) is 0 Å². The molecular weight excluding hydrogens is 369 g/mol.